The molecule has 4 rings (SSSR count). The van der Waals surface area contributed by atoms with E-state index in [2.05, 4.69) is 33.2 Å². The Morgan fingerprint density at radius 2 is 2.15 bits per heavy atom. The lowest BCUT2D eigenvalue weighted by Gasteiger charge is -2.31. The third-order valence-electron chi connectivity index (χ3n) is 5.73. The zero-order valence-electron chi connectivity index (χ0n) is 16.0. The third-order valence-corrected chi connectivity index (χ3v) is 6.76. The van der Waals surface area contributed by atoms with Crippen molar-refractivity contribution in [1.29, 1.82) is 0 Å². The Labute approximate surface area is 165 Å². The Kier molecular flexibility index (Phi) is 5.83. The molecule has 0 spiro atoms. The number of anilines is 1. The third kappa shape index (κ3) is 4.93. The summed E-state index contributed by atoms with van der Waals surface area (Å²) in [7, 11) is 0. The van der Waals surface area contributed by atoms with Crippen molar-refractivity contribution in [1.82, 2.24) is 14.9 Å². The number of rotatable bonds is 5. The van der Waals surface area contributed by atoms with Gasteiger partial charge >= 0.3 is 0 Å². The van der Waals surface area contributed by atoms with Gasteiger partial charge < -0.3 is 5.32 Å². The van der Waals surface area contributed by atoms with Crippen LogP contribution in [0.5, 0.6) is 0 Å². The number of nitrogens with zero attached hydrogens (tertiary/aromatic N) is 3. The van der Waals surface area contributed by atoms with Crippen LogP contribution < -0.4 is 5.32 Å². The first-order chi connectivity index (χ1) is 13.2. The SMILES string of the molecule is C[C@@H]1CCc2nc(NC(=O)CC3CCN(Cc4ccccn4)CC3)sc2C1. The van der Waals surface area contributed by atoms with Gasteiger partial charge in [0.25, 0.3) is 0 Å². The summed E-state index contributed by atoms with van der Waals surface area (Å²) in [4.78, 5) is 25.3. The molecule has 0 radical (unpaired) electrons. The number of nitrogens with one attached hydrogen (secondary N) is 1. The number of aromatic nitrogens is 2. The normalized spacial score (nSPS) is 21.0. The summed E-state index contributed by atoms with van der Waals surface area (Å²) in [5.41, 5.74) is 2.33. The molecule has 2 aromatic heterocycles. The van der Waals surface area contributed by atoms with Crippen LogP contribution in [0.25, 0.3) is 0 Å². The van der Waals surface area contributed by atoms with E-state index in [1.54, 1.807) is 11.3 Å². The van der Waals surface area contributed by atoms with Gasteiger partial charge in [0.2, 0.25) is 5.91 Å². The van der Waals surface area contributed by atoms with Gasteiger partial charge in [0.15, 0.2) is 5.13 Å². The molecule has 0 aromatic carbocycles. The fourth-order valence-corrected chi connectivity index (χ4v) is 5.28. The maximum atomic E-state index is 12.5. The second-order valence-corrected chi connectivity index (χ2v) is 9.11. The Morgan fingerprint density at radius 1 is 1.30 bits per heavy atom. The number of carbonyl (C=O) groups is 1. The first-order valence-electron chi connectivity index (χ1n) is 10.1. The van der Waals surface area contributed by atoms with Crippen molar-refractivity contribution in [3.05, 3.63) is 40.7 Å². The maximum Gasteiger partial charge on any atom is 0.226 e. The molecule has 1 amide bonds. The van der Waals surface area contributed by atoms with Crippen molar-refractivity contribution in [2.24, 2.45) is 11.8 Å². The highest BCUT2D eigenvalue weighted by Crippen LogP contribution is 2.32. The highest BCUT2D eigenvalue weighted by molar-refractivity contribution is 7.15. The van der Waals surface area contributed by atoms with Crippen LogP contribution in [0.2, 0.25) is 0 Å². The van der Waals surface area contributed by atoms with Gasteiger partial charge in [-0.25, -0.2) is 4.98 Å². The average Bonchev–Trinajstić information content (AvgIpc) is 3.05. The number of hydrogen-bond acceptors (Lipinski definition) is 5. The first-order valence-corrected chi connectivity index (χ1v) is 10.9. The van der Waals surface area contributed by atoms with Gasteiger partial charge in [-0.3, -0.25) is 14.7 Å². The van der Waals surface area contributed by atoms with Crippen LogP contribution in [-0.4, -0.2) is 33.9 Å². The molecular formula is C21H28N4OS. The minimum atomic E-state index is 0.123. The summed E-state index contributed by atoms with van der Waals surface area (Å²) < 4.78 is 0. The highest BCUT2D eigenvalue weighted by atomic mass is 32.1. The van der Waals surface area contributed by atoms with E-state index in [0.29, 0.717) is 12.3 Å². The van der Waals surface area contributed by atoms with E-state index in [-0.39, 0.29) is 5.91 Å². The van der Waals surface area contributed by atoms with E-state index in [9.17, 15) is 4.79 Å². The molecule has 2 aromatic rings. The number of fused-ring (bicyclic) bond motifs is 1. The maximum absolute atomic E-state index is 12.5. The number of piperidine rings is 1. The molecule has 1 aliphatic carbocycles. The number of amides is 1. The van der Waals surface area contributed by atoms with Crippen molar-refractivity contribution < 1.29 is 4.79 Å². The number of carbonyl (C=O) groups excluding carboxylic acids is 1. The highest BCUT2D eigenvalue weighted by Gasteiger charge is 2.24. The van der Waals surface area contributed by atoms with E-state index in [1.165, 1.54) is 17.0 Å². The minimum Gasteiger partial charge on any atom is -0.302 e. The fraction of sp³-hybridized carbons (Fsp3) is 0.571. The second kappa shape index (κ2) is 8.48. The van der Waals surface area contributed by atoms with Gasteiger partial charge in [0.1, 0.15) is 0 Å². The lowest BCUT2D eigenvalue weighted by molar-refractivity contribution is -0.117. The molecule has 1 N–H and O–H groups in total. The Hall–Kier alpha value is -1.79. The molecule has 0 saturated carbocycles. The molecule has 1 fully saturated rings. The summed E-state index contributed by atoms with van der Waals surface area (Å²) >= 11 is 1.67. The number of thiazole rings is 1. The van der Waals surface area contributed by atoms with E-state index in [0.717, 1.165) is 62.1 Å². The van der Waals surface area contributed by atoms with E-state index in [1.807, 2.05) is 18.3 Å². The molecule has 27 heavy (non-hydrogen) atoms. The van der Waals surface area contributed by atoms with E-state index >= 15 is 0 Å². The number of hydrogen-bond donors (Lipinski definition) is 1. The van der Waals surface area contributed by atoms with Crippen LogP contribution >= 0.6 is 11.3 Å². The van der Waals surface area contributed by atoms with Crippen LogP contribution in [0.15, 0.2) is 24.4 Å². The predicted molar refractivity (Wildman–Crippen MR) is 109 cm³/mol. The topological polar surface area (TPSA) is 58.1 Å². The molecule has 5 nitrogen and oxygen atoms in total. The standard InChI is InChI=1S/C21H28N4OS/c1-15-5-6-18-19(12-15)27-21(23-18)24-20(26)13-16-7-10-25(11-8-16)14-17-4-2-3-9-22-17/h2-4,9,15-16H,5-8,10-14H2,1H3,(H,23,24,26)/t15-/m1/s1. The summed E-state index contributed by atoms with van der Waals surface area (Å²) in [6.07, 6.45) is 7.98. The summed E-state index contributed by atoms with van der Waals surface area (Å²) in [6.45, 7) is 5.28. The fourth-order valence-electron chi connectivity index (χ4n) is 4.10. The zero-order valence-corrected chi connectivity index (χ0v) is 16.8. The predicted octanol–water partition coefficient (Wildman–Crippen LogP) is 3.90. The molecule has 0 bridgehead atoms. The quantitative estimate of drug-likeness (QED) is 0.849. The second-order valence-electron chi connectivity index (χ2n) is 8.03. The van der Waals surface area contributed by atoms with Crippen LogP contribution in [0, 0.1) is 11.8 Å². The molecule has 144 valence electrons. The molecule has 1 saturated heterocycles. The largest absolute Gasteiger partial charge is 0.302 e. The molecule has 6 heteroatoms. The minimum absolute atomic E-state index is 0.123. The summed E-state index contributed by atoms with van der Waals surface area (Å²) in [5, 5.41) is 3.86. The van der Waals surface area contributed by atoms with Gasteiger partial charge in [-0.05, 0) is 69.2 Å². The van der Waals surface area contributed by atoms with Crippen molar-refractivity contribution in [2.45, 2.75) is 52.0 Å². The molecule has 0 unspecified atom stereocenters. The Morgan fingerprint density at radius 3 is 2.93 bits per heavy atom. The van der Waals surface area contributed by atoms with Crippen molar-refractivity contribution in [3.63, 3.8) is 0 Å². The lowest BCUT2D eigenvalue weighted by Crippen LogP contribution is -2.34. The number of aryl methyl sites for hydroxylation is 1. The average molecular weight is 385 g/mol. The van der Waals surface area contributed by atoms with Crippen LogP contribution in [0.3, 0.4) is 0 Å². The van der Waals surface area contributed by atoms with Gasteiger partial charge in [-0.1, -0.05) is 13.0 Å². The molecule has 1 atom stereocenters. The van der Waals surface area contributed by atoms with E-state index in [4.69, 9.17) is 0 Å². The Bertz CT molecular complexity index is 768. The number of likely N-dealkylation sites (tertiary alicyclic amines) is 1. The first kappa shape index (κ1) is 18.6. The number of pyridine rings is 1. The molecule has 2 aliphatic rings. The molecule has 1 aliphatic heterocycles. The van der Waals surface area contributed by atoms with Crippen LogP contribution in [0.1, 0.15) is 48.9 Å². The molecule has 3 heterocycles. The molecular weight excluding hydrogens is 356 g/mol. The van der Waals surface area contributed by atoms with Crippen LogP contribution in [0.4, 0.5) is 5.13 Å². The summed E-state index contributed by atoms with van der Waals surface area (Å²) in [6, 6.07) is 6.07. The smallest absolute Gasteiger partial charge is 0.226 e. The summed E-state index contributed by atoms with van der Waals surface area (Å²) in [5.74, 6) is 1.33. The Balaban J connectivity index is 1.23. The van der Waals surface area contributed by atoms with Crippen LogP contribution in [-0.2, 0) is 24.2 Å². The van der Waals surface area contributed by atoms with Gasteiger partial charge in [-0.15, -0.1) is 11.3 Å². The zero-order chi connectivity index (χ0) is 18.6. The monoisotopic (exact) mass is 384 g/mol. The lowest BCUT2D eigenvalue weighted by atomic mass is 9.93. The van der Waals surface area contributed by atoms with Crippen molar-refractivity contribution in [3.8, 4) is 0 Å². The van der Waals surface area contributed by atoms with E-state index < -0.39 is 0 Å². The van der Waals surface area contributed by atoms with Crippen molar-refractivity contribution >= 4 is 22.4 Å². The van der Waals surface area contributed by atoms with Gasteiger partial charge in [0.05, 0.1) is 11.4 Å². The van der Waals surface area contributed by atoms with Gasteiger partial charge in [-0.2, -0.15) is 0 Å². The van der Waals surface area contributed by atoms with Crippen molar-refractivity contribution in [2.75, 3.05) is 18.4 Å². The van der Waals surface area contributed by atoms with Gasteiger partial charge in [0, 0.05) is 24.0 Å².